The zero-order valence-corrected chi connectivity index (χ0v) is 22.9. The number of furan rings is 1. The number of nitrogens with zero attached hydrogens (tertiary/aromatic N) is 4. The number of aromatic nitrogens is 4. The summed E-state index contributed by atoms with van der Waals surface area (Å²) in [6, 6.07) is 46.6. The molecule has 0 aliphatic rings. The highest BCUT2D eigenvalue weighted by Crippen LogP contribution is 2.38. The summed E-state index contributed by atoms with van der Waals surface area (Å²) in [6.45, 7) is 0. The van der Waals surface area contributed by atoms with Crippen LogP contribution in [0.5, 0.6) is 0 Å². The Kier molecular flexibility index (Phi) is 4.39. The number of para-hydroxylation sites is 5. The maximum absolute atomic E-state index is 6.10. The first kappa shape index (κ1) is 22.7. The van der Waals surface area contributed by atoms with E-state index in [4.69, 9.17) is 14.4 Å². The quantitative estimate of drug-likeness (QED) is 0.215. The second-order valence-corrected chi connectivity index (χ2v) is 11.1. The summed E-state index contributed by atoms with van der Waals surface area (Å²) in [6.07, 6.45) is 0. The SMILES string of the molecule is c1ccc2c(c1)nc(-n1c3ccccc3c3cc(-c4ccc5oc6ccccc6c5c4)ccc31)n1c3ccccc3nc21. The van der Waals surface area contributed by atoms with E-state index in [1.54, 1.807) is 0 Å². The van der Waals surface area contributed by atoms with Crippen LogP contribution < -0.4 is 0 Å². The van der Waals surface area contributed by atoms with Gasteiger partial charge in [0.05, 0.1) is 27.6 Å². The van der Waals surface area contributed by atoms with E-state index >= 15 is 0 Å². The van der Waals surface area contributed by atoms with E-state index in [-0.39, 0.29) is 0 Å². The average molecular weight is 551 g/mol. The first-order chi connectivity index (χ1) is 21.3. The summed E-state index contributed by atoms with van der Waals surface area (Å²) in [5.41, 5.74) is 10.1. The number of rotatable bonds is 2. The van der Waals surface area contributed by atoms with Crippen molar-refractivity contribution in [3.63, 3.8) is 0 Å². The fraction of sp³-hybridized carbons (Fsp3) is 0. The van der Waals surface area contributed by atoms with Gasteiger partial charge in [-0.3, -0.25) is 8.97 Å². The van der Waals surface area contributed by atoms with Gasteiger partial charge in [-0.15, -0.1) is 0 Å². The lowest BCUT2D eigenvalue weighted by Crippen LogP contribution is -2.06. The molecule has 0 radical (unpaired) electrons. The molecule has 0 unspecified atom stereocenters. The van der Waals surface area contributed by atoms with Gasteiger partial charge in [-0.2, -0.15) is 0 Å². The Labute approximate surface area is 244 Å². The molecule has 0 saturated carbocycles. The van der Waals surface area contributed by atoms with Crippen molar-refractivity contribution in [3.8, 4) is 17.1 Å². The van der Waals surface area contributed by atoms with Gasteiger partial charge in [0, 0.05) is 26.9 Å². The van der Waals surface area contributed by atoms with Crippen LogP contribution in [0.15, 0.2) is 138 Å². The number of imidazole rings is 1. The van der Waals surface area contributed by atoms with Crippen LogP contribution in [-0.2, 0) is 0 Å². The van der Waals surface area contributed by atoms with Gasteiger partial charge < -0.3 is 4.42 Å². The molecule has 0 aliphatic carbocycles. The van der Waals surface area contributed by atoms with Crippen LogP contribution in [-0.4, -0.2) is 18.9 Å². The minimum atomic E-state index is 0.827. The summed E-state index contributed by atoms with van der Waals surface area (Å²) in [5, 5.41) is 5.66. The molecule has 0 fully saturated rings. The van der Waals surface area contributed by atoms with Gasteiger partial charge in [-0.1, -0.05) is 72.8 Å². The van der Waals surface area contributed by atoms with Crippen LogP contribution in [0.3, 0.4) is 0 Å². The molecule has 4 aromatic heterocycles. The summed E-state index contributed by atoms with van der Waals surface area (Å²) in [5.74, 6) is 0.827. The third-order valence-corrected chi connectivity index (χ3v) is 8.71. The van der Waals surface area contributed by atoms with Crippen molar-refractivity contribution >= 4 is 71.3 Å². The summed E-state index contributed by atoms with van der Waals surface area (Å²) < 4.78 is 10.6. The minimum Gasteiger partial charge on any atom is -0.456 e. The number of hydrogen-bond donors (Lipinski definition) is 0. The van der Waals surface area contributed by atoms with Gasteiger partial charge in [-0.05, 0) is 71.8 Å². The molecule has 0 bridgehead atoms. The van der Waals surface area contributed by atoms with E-state index in [2.05, 4.69) is 118 Å². The molecule has 10 rings (SSSR count). The summed E-state index contributed by atoms with van der Waals surface area (Å²) in [7, 11) is 0. The van der Waals surface area contributed by atoms with Crippen molar-refractivity contribution in [1.29, 1.82) is 0 Å². The molecular weight excluding hydrogens is 528 g/mol. The van der Waals surface area contributed by atoms with Crippen molar-refractivity contribution < 1.29 is 4.42 Å². The van der Waals surface area contributed by atoms with Crippen molar-refractivity contribution in [3.05, 3.63) is 133 Å². The van der Waals surface area contributed by atoms with Gasteiger partial charge in [0.15, 0.2) is 0 Å². The molecule has 200 valence electrons. The molecule has 43 heavy (non-hydrogen) atoms. The van der Waals surface area contributed by atoms with E-state index in [1.165, 1.54) is 10.8 Å². The highest BCUT2D eigenvalue weighted by atomic mass is 16.3. The zero-order chi connectivity index (χ0) is 28.1. The topological polar surface area (TPSA) is 48.3 Å². The van der Waals surface area contributed by atoms with E-state index in [1.807, 2.05) is 24.3 Å². The van der Waals surface area contributed by atoms with Crippen molar-refractivity contribution in [2.75, 3.05) is 0 Å². The molecule has 0 saturated heterocycles. The third-order valence-electron chi connectivity index (χ3n) is 8.71. The number of benzene rings is 6. The monoisotopic (exact) mass is 550 g/mol. The van der Waals surface area contributed by atoms with Crippen molar-refractivity contribution in [1.82, 2.24) is 18.9 Å². The van der Waals surface area contributed by atoms with Crippen LogP contribution in [0.25, 0.3) is 88.4 Å². The number of hydrogen-bond acceptors (Lipinski definition) is 3. The average Bonchev–Trinajstić information content (AvgIpc) is 3.74. The Morgan fingerprint density at radius 3 is 1.95 bits per heavy atom. The first-order valence-corrected chi connectivity index (χ1v) is 14.4. The fourth-order valence-corrected chi connectivity index (χ4v) is 6.75. The van der Waals surface area contributed by atoms with E-state index in [0.29, 0.717) is 0 Å². The highest BCUT2D eigenvalue weighted by molar-refractivity contribution is 6.11. The van der Waals surface area contributed by atoms with Crippen LogP contribution >= 0.6 is 0 Å². The molecular formula is C38H22N4O. The van der Waals surface area contributed by atoms with E-state index < -0.39 is 0 Å². The fourth-order valence-electron chi connectivity index (χ4n) is 6.75. The predicted octanol–water partition coefficient (Wildman–Crippen LogP) is 9.70. The molecule has 6 aromatic carbocycles. The van der Waals surface area contributed by atoms with Gasteiger partial charge in [0.25, 0.3) is 0 Å². The highest BCUT2D eigenvalue weighted by Gasteiger charge is 2.20. The largest absolute Gasteiger partial charge is 0.456 e. The van der Waals surface area contributed by atoms with Gasteiger partial charge in [0.1, 0.15) is 16.8 Å². The lowest BCUT2D eigenvalue weighted by atomic mass is 10.0. The van der Waals surface area contributed by atoms with Crippen LogP contribution in [0.4, 0.5) is 0 Å². The van der Waals surface area contributed by atoms with Crippen LogP contribution in [0.1, 0.15) is 0 Å². The van der Waals surface area contributed by atoms with Gasteiger partial charge in [0.2, 0.25) is 5.95 Å². The Hall–Kier alpha value is -5.94. The molecule has 0 spiro atoms. The Morgan fingerprint density at radius 1 is 0.442 bits per heavy atom. The number of fused-ring (bicyclic) bond motifs is 11. The van der Waals surface area contributed by atoms with Gasteiger partial charge >= 0.3 is 0 Å². The molecule has 10 aromatic rings. The molecule has 5 nitrogen and oxygen atoms in total. The molecule has 5 heteroatoms. The Balaban J connectivity index is 1.28. The van der Waals surface area contributed by atoms with Crippen molar-refractivity contribution in [2.45, 2.75) is 0 Å². The van der Waals surface area contributed by atoms with Crippen LogP contribution in [0, 0.1) is 0 Å². The summed E-state index contributed by atoms with van der Waals surface area (Å²) >= 11 is 0. The first-order valence-electron chi connectivity index (χ1n) is 14.4. The normalized spacial score (nSPS) is 12.2. The molecule has 0 N–H and O–H groups in total. The van der Waals surface area contributed by atoms with E-state index in [0.717, 1.165) is 77.6 Å². The Bertz CT molecular complexity index is 2740. The molecule has 0 atom stereocenters. The smallest absolute Gasteiger partial charge is 0.221 e. The maximum atomic E-state index is 6.10. The minimum absolute atomic E-state index is 0.827. The lowest BCUT2D eigenvalue weighted by Gasteiger charge is -2.12. The predicted molar refractivity (Wildman–Crippen MR) is 175 cm³/mol. The maximum Gasteiger partial charge on any atom is 0.221 e. The molecule has 0 aliphatic heterocycles. The third kappa shape index (κ3) is 3.11. The standard InChI is InChI=1S/C38H22N4O/c1-4-12-30-27(11-1)37-39-31-13-5-7-15-34(31)42(37)38(40-30)41-32-14-6-2-9-25(32)28-21-23(17-19-33(28)41)24-18-20-36-29(22-24)26-10-3-8-16-35(26)43-36/h1-22H. The zero-order valence-electron chi connectivity index (χ0n) is 22.9. The van der Waals surface area contributed by atoms with Crippen LogP contribution in [0.2, 0.25) is 0 Å². The molecule has 0 amide bonds. The Morgan fingerprint density at radius 2 is 1.07 bits per heavy atom. The van der Waals surface area contributed by atoms with Crippen molar-refractivity contribution in [2.24, 2.45) is 0 Å². The summed E-state index contributed by atoms with van der Waals surface area (Å²) in [4.78, 5) is 10.4. The molecule has 4 heterocycles. The lowest BCUT2D eigenvalue weighted by molar-refractivity contribution is 0.669. The second kappa shape index (κ2) is 8.30. The van der Waals surface area contributed by atoms with Gasteiger partial charge in [-0.25, -0.2) is 9.97 Å². The van der Waals surface area contributed by atoms with E-state index in [9.17, 15) is 0 Å². The second-order valence-electron chi connectivity index (χ2n) is 11.1.